The molecule has 0 saturated carbocycles. The van der Waals surface area contributed by atoms with Gasteiger partial charge in [-0.25, -0.2) is 0 Å². The summed E-state index contributed by atoms with van der Waals surface area (Å²) in [5, 5.41) is 3.53. The van der Waals surface area contributed by atoms with Gasteiger partial charge in [0.2, 0.25) is 0 Å². The van der Waals surface area contributed by atoms with Crippen molar-refractivity contribution in [3.05, 3.63) is 29.8 Å². The van der Waals surface area contributed by atoms with Crippen molar-refractivity contribution in [2.75, 3.05) is 25.0 Å². The van der Waals surface area contributed by atoms with Gasteiger partial charge in [-0.3, -0.25) is 0 Å². The van der Waals surface area contributed by atoms with Crippen LogP contribution < -0.4 is 10.2 Å². The van der Waals surface area contributed by atoms with Crippen LogP contribution >= 0.6 is 0 Å². The van der Waals surface area contributed by atoms with Gasteiger partial charge in [-0.15, -0.1) is 0 Å². The topological polar surface area (TPSA) is 15.3 Å². The Labute approximate surface area is 112 Å². The summed E-state index contributed by atoms with van der Waals surface area (Å²) in [6, 6.07) is 9.25. The van der Waals surface area contributed by atoms with Crippen LogP contribution in [0, 0.1) is 12.3 Å². The third kappa shape index (κ3) is 4.02. The van der Waals surface area contributed by atoms with Crippen LogP contribution in [0.15, 0.2) is 24.3 Å². The lowest BCUT2D eigenvalue weighted by molar-refractivity contribution is 0.266. The molecule has 0 spiro atoms. The molecule has 0 bridgehead atoms. The maximum atomic E-state index is 3.53. The van der Waals surface area contributed by atoms with E-state index in [9.17, 15) is 0 Å². The second kappa shape index (κ2) is 6.24. The van der Waals surface area contributed by atoms with Gasteiger partial charge < -0.3 is 10.2 Å². The van der Waals surface area contributed by atoms with Crippen molar-refractivity contribution in [3.63, 3.8) is 0 Å². The Morgan fingerprint density at radius 1 is 1.22 bits per heavy atom. The van der Waals surface area contributed by atoms with Gasteiger partial charge in [0, 0.05) is 25.3 Å². The van der Waals surface area contributed by atoms with Crippen LogP contribution in [0.1, 0.15) is 33.3 Å². The third-order valence-electron chi connectivity index (χ3n) is 3.80. The second-order valence-electron chi connectivity index (χ2n) is 5.96. The summed E-state index contributed by atoms with van der Waals surface area (Å²) in [5.41, 5.74) is 2.85. The van der Waals surface area contributed by atoms with E-state index in [0.717, 1.165) is 13.1 Å². The van der Waals surface area contributed by atoms with Crippen molar-refractivity contribution in [2.45, 2.75) is 40.7 Å². The van der Waals surface area contributed by atoms with Crippen LogP contribution in [-0.2, 0) is 0 Å². The maximum Gasteiger partial charge on any atom is 0.0363 e. The second-order valence-corrected chi connectivity index (χ2v) is 5.96. The minimum absolute atomic E-state index is 0.246. The third-order valence-corrected chi connectivity index (χ3v) is 3.80. The SMILES string of the molecule is CCNC(C)C(C)(C)CN(C)c1ccc(C)cc1. The Bertz CT molecular complexity index is 354. The highest BCUT2D eigenvalue weighted by atomic mass is 15.1. The average Bonchev–Trinajstić information content (AvgIpc) is 2.29. The van der Waals surface area contributed by atoms with Crippen molar-refractivity contribution in [1.29, 1.82) is 0 Å². The summed E-state index contributed by atoms with van der Waals surface area (Å²) in [6.45, 7) is 13.3. The molecule has 2 nitrogen and oxygen atoms in total. The molecule has 2 heteroatoms. The Kier molecular flexibility index (Phi) is 5.21. The van der Waals surface area contributed by atoms with Crippen molar-refractivity contribution in [1.82, 2.24) is 5.32 Å². The average molecular weight is 248 g/mol. The van der Waals surface area contributed by atoms with Crippen LogP contribution in [0.2, 0.25) is 0 Å². The minimum atomic E-state index is 0.246. The van der Waals surface area contributed by atoms with E-state index in [4.69, 9.17) is 0 Å². The highest BCUT2D eigenvalue weighted by molar-refractivity contribution is 5.46. The molecule has 0 aliphatic carbocycles. The monoisotopic (exact) mass is 248 g/mol. The van der Waals surface area contributed by atoms with Crippen molar-refractivity contribution < 1.29 is 0 Å². The van der Waals surface area contributed by atoms with Crippen LogP contribution in [-0.4, -0.2) is 26.2 Å². The molecule has 1 rings (SSSR count). The molecule has 0 aliphatic heterocycles. The van der Waals surface area contributed by atoms with Crippen LogP contribution in [0.4, 0.5) is 5.69 Å². The number of hydrogen-bond acceptors (Lipinski definition) is 2. The van der Waals surface area contributed by atoms with E-state index in [0.29, 0.717) is 6.04 Å². The molecule has 0 saturated heterocycles. The van der Waals surface area contributed by atoms with E-state index in [1.165, 1.54) is 11.3 Å². The zero-order valence-electron chi connectivity index (χ0n) is 12.7. The first-order valence-corrected chi connectivity index (χ1v) is 6.88. The number of nitrogens with one attached hydrogen (secondary N) is 1. The van der Waals surface area contributed by atoms with Gasteiger partial charge in [-0.05, 0) is 37.9 Å². The smallest absolute Gasteiger partial charge is 0.0363 e. The zero-order chi connectivity index (χ0) is 13.8. The van der Waals surface area contributed by atoms with E-state index in [2.05, 4.69) is 76.1 Å². The van der Waals surface area contributed by atoms with Crippen molar-refractivity contribution >= 4 is 5.69 Å². The van der Waals surface area contributed by atoms with E-state index in [1.807, 2.05) is 0 Å². The van der Waals surface area contributed by atoms with Gasteiger partial charge in [-0.2, -0.15) is 0 Å². The van der Waals surface area contributed by atoms with E-state index >= 15 is 0 Å². The van der Waals surface area contributed by atoms with Crippen molar-refractivity contribution in [3.8, 4) is 0 Å². The lowest BCUT2D eigenvalue weighted by atomic mass is 9.84. The van der Waals surface area contributed by atoms with Crippen LogP contribution in [0.25, 0.3) is 0 Å². The maximum absolute atomic E-state index is 3.53. The van der Waals surface area contributed by atoms with E-state index in [1.54, 1.807) is 0 Å². The van der Waals surface area contributed by atoms with Gasteiger partial charge in [0.15, 0.2) is 0 Å². The first kappa shape index (κ1) is 15.0. The van der Waals surface area contributed by atoms with Gasteiger partial charge in [-0.1, -0.05) is 38.5 Å². The fourth-order valence-electron chi connectivity index (χ4n) is 2.22. The molecule has 0 amide bonds. The molecule has 0 radical (unpaired) electrons. The molecule has 0 heterocycles. The van der Waals surface area contributed by atoms with Crippen LogP contribution in [0.5, 0.6) is 0 Å². The van der Waals surface area contributed by atoms with E-state index < -0.39 is 0 Å². The quantitative estimate of drug-likeness (QED) is 0.829. The fraction of sp³-hybridized carbons (Fsp3) is 0.625. The minimum Gasteiger partial charge on any atom is -0.374 e. The summed E-state index contributed by atoms with van der Waals surface area (Å²) >= 11 is 0. The predicted octanol–water partition coefficient (Wildman–Crippen LogP) is 3.46. The molecular weight excluding hydrogens is 220 g/mol. The number of nitrogens with zero attached hydrogens (tertiary/aromatic N) is 1. The zero-order valence-corrected chi connectivity index (χ0v) is 12.7. The summed E-state index contributed by atoms with van der Waals surface area (Å²) in [5.74, 6) is 0. The molecule has 0 aromatic heterocycles. The number of anilines is 1. The number of rotatable bonds is 6. The first-order valence-electron chi connectivity index (χ1n) is 6.88. The molecule has 1 N–H and O–H groups in total. The number of aryl methyl sites for hydroxylation is 1. The Balaban J connectivity index is 2.68. The fourth-order valence-corrected chi connectivity index (χ4v) is 2.22. The largest absolute Gasteiger partial charge is 0.374 e. The molecule has 1 aromatic rings. The molecule has 1 atom stereocenters. The normalized spacial score (nSPS) is 13.4. The molecule has 18 heavy (non-hydrogen) atoms. The molecular formula is C16H28N2. The molecule has 0 fully saturated rings. The van der Waals surface area contributed by atoms with E-state index in [-0.39, 0.29) is 5.41 Å². The number of hydrogen-bond donors (Lipinski definition) is 1. The molecule has 0 aliphatic rings. The van der Waals surface area contributed by atoms with Crippen LogP contribution in [0.3, 0.4) is 0 Å². The van der Waals surface area contributed by atoms with Crippen molar-refractivity contribution in [2.24, 2.45) is 5.41 Å². The lowest BCUT2D eigenvalue weighted by Gasteiger charge is -2.37. The summed E-state index contributed by atoms with van der Waals surface area (Å²) in [6.07, 6.45) is 0. The van der Waals surface area contributed by atoms with Gasteiger partial charge in [0.05, 0.1) is 0 Å². The highest BCUT2D eigenvalue weighted by Crippen LogP contribution is 2.24. The Morgan fingerprint density at radius 3 is 2.28 bits per heavy atom. The Morgan fingerprint density at radius 2 is 1.78 bits per heavy atom. The lowest BCUT2D eigenvalue weighted by Crippen LogP contribution is -2.46. The summed E-state index contributed by atoms with van der Waals surface area (Å²) in [4.78, 5) is 2.34. The Hall–Kier alpha value is -1.02. The number of benzene rings is 1. The van der Waals surface area contributed by atoms with Gasteiger partial charge >= 0.3 is 0 Å². The first-order chi connectivity index (χ1) is 8.36. The summed E-state index contributed by atoms with van der Waals surface area (Å²) in [7, 11) is 2.17. The summed E-state index contributed by atoms with van der Waals surface area (Å²) < 4.78 is 0. The van der Waals surface area contributed by atoms with Gasteiger partial charge in [0.25, 0.3) is 0 Å². The molecule has 102 valence electrons. The standard InChI is InChI=1S/C16H28N2/c1-7-17-14(3)16(4,5)12-18(6)15-10-8-13(2)9-11-15/h8-11,14,17H,7,12H2,1-6H3. The predicted molar refractivity (Wildman–Crippen MR) is 81.4 cm³/mol. The molecule has 1 unspecified atom stereocenters. The van der Waals surface area contributed by atoms with Gasteiger partial charge in [0.1, 0.15) is 0 Å². The highest BCUT2D eigenvalue weighted by Gasteiger charge is 2.26. The molecule has 1 aromatic carbocycles.